The van der Waals surface area contributed by atoms with Crippen molar-refractivity contribution in [1.82, 2.24) is 0 Å². The Morgan fingerprint density at radius 2 is 1.89 bits per heavy atom. The van der Waals surface area contributed by atoms with Crippen LogP contribution in [0.5, 0.6) is 0 Å². The van der Waals surface area contributed by atoms with Gasteiger partial charge in [-0.25, -0.2) is 0 Å². The molecular formula is C16H26O2. The van der Waals surface area contributed by atoms with Crippen LogP contribution in [0.1, 0.15) is 58.8 Å². The molecule has 4 aliphatic carbocycles. The van der Waals surface area contributed by atoms with E-state index in [9.17, 15) is 4.79 Å². The Kier molecular flexibility index (Phi) is 2.95. The van der Waals surface area contributed by atoms with Crippen LogP contribution in [0.3, 0.4) is 0 Å². The maximum Gasteiger partial charge on any atom is 0.306 e. The van der Waals surface area contributed by atoms with Crippen LogP contribution in [0.4, 0.5) is 0 Å². The molecule has 0 spiro atoms. The van der Waals surface area contributed by atoms with Crippen LogP contribution in [0.2, 0.25) is 0 Å². The van der Waals surface area contributed by atoms with Gasteiger partial charge >= 0.3 is 5.97 Å². The van der Waals surface area contributed by atoms with Crippen molar-refractivity contribution in [3.8, 4) is 0 Å². The molecule has 3 unspecified atom stereocenters. The van der Waals surface area contributed by atoms with Gasteiger partial charge in [0.15, 0.2) is 0 Å². The summed E-state index contributed by atoms with van der Waals surface area (Å²) < 4.78 is 0. The Hall–Kier alpha value is -0.530. The summed E-state index contributed by atoms with van der Waals surface area (Å²) in [5.41, 5.74) is 0.652. The van der Waals surface area contributed by atoms with E-state index in [0.717, 1.165) is 24.2 Å². The fraction of sp³-hybridized carbons (Fsp3) is 0.938. The van der Waals surface area contributed by atoms with Crippen molar-refractivity contribution < 1.29 is 9.90 Å². The highest BCUT2D eigenvalue weighted by atomic mass is 16.4. The van der Waals surface area contributed by atoms with Crippen molar-refractivity contribution >= 4 is 5.97 Å². The average molecular weight is 250 g/mol. The molecule has 1 N–H and O–H groups in total. The molecule has 0 radical (unpaired) electrons. The van der Waals surface area contributed by atoms with Crippen LogP contribution in [0, 0.1) is 35.0 Å². The topological polar surface area (TPSA) is 37.3 Å². The maximum atomic E-state index is 11.1. The Balaban J connectivity index is 1.74. The van der Waals surface area contributed by atoms with E-state index in [1.54, 1.807) is 0 Å². The van der Waals surface area contributed by atoms with E-state index in [4.69, 9.17) is 5.11 Å². The second kappa shape index (κ2) is 4.25. The molecule has 0 heterocycles. The van der Waals surface area contributed by atoms with Gasteiger partial charge in [0.25, 0.3) is 0 Å². The lowest BCUT2D eigenvalue weighted by molar-refractivity contribution is -0.144. The van der Waals surface area contributed by atoms with Gasteiger partial charge in [-0.05, 0) is 67.6 Å². The molecule has 3 atom stereocenters. The molecule has 2 heteroatoms. The van der Waals surface area contributed by atoms with Crippen LogP contribution >= 0.6 is 0 Å². The maximum absolute atomic E-state index is 11.1. The third-order valence-corrected chi connectivity index (χ3v) is 6.39. The number of carboxylic acid groups (broad SMARTS) is 1. The monoisotopic (exact) mass is 250 g/mol. The van der Waals surface area contributed by atoms with Gasteiger partial charge in [-0.1, -0.05) is 20.3 Å². The molecule has 0 aromatic carbocycles. The van der Waals surface area contributed by atoms with Crippen molar-refractivity contribution in [2.45, 2.75) is 58.8 Å². The summed E-state index contributed by atoms with van der Waals surface area (Å²) in [5.74, 6) is 2.63. The second-order valence-corrected chi connectivity index (χ2v) is 7.46. The largest absolute Gasteiger partial charge is 0.481 e. The van der Waals surface area contributed by atoms with Crippen molar-refractivity contribution in [1.29, 1.82) is 0 Å². The minimum atomic E-state index is -0.603. The Bertz CT molecular complexity index is 333. The summed E-state index contributed by atoms with van der Waals surface area (Å²) in [6.45, 7) is 4.25. The Morgan fingerprint density at radius 3 is 2.39 bits per heavy atom. The second-order valence-electron chi connectivity index (χ2n) is 7.46. The summed E-state index contributed by atoms with van der Waals surface area (Å²) in [4.78, 5) is 11.1. The molecule has 0 aromatic rings. The summed E-state index contributed by atoms with van der Waals surface area (Å²) >= 11 is 0. The first-order valence-electron chi connectivity index (χ1n) is 7.76. The van der Waals surface area contributed by atoms with Crippen LogP contribution in [0.25, 0.3) is 0 Å². The van der Waals surface area contributed by atoms with Crippen molar-refractivity contribution in [2.24, 2.45) is 35.0 Å². The zero-order valence-electron chi connectivity index (χ0n) is 11.7. The van der Waals surface area contributed by atoms with Crippen LogP contribution < -0.4 is 0 Å². The molecule has 0 aliphatic heterocycles. The van der Waals surface area contributed by atoms with Crippen molar-refractivity contribution in [3.05, 3.63) is 0 Å². The zero-order chi connectivity index (χ0) is 12.9. The third kappa shape index (κ3) is 1.88. The normalized spacial score (nSPS) is 47.2. The summed E-state index contributed by atoms with van der Waals surface area (Å²) in [7, 11) is 0. The van der Waals surface area contributed by atoms with Gasteiger partial charge in [0.1, 0.15) is 0 Å². The highest BCUT2D eigenvalue weighted by Crippen LogP contribution is 2.64. The molecule has 0 aromatic heterocycles. The number of carboxylic acids is 1. The minimum Gasteiger partial charge on any atom is -0.481 e. The molecule has 4 bridgehead atoms. The van der Waals surface area contributed by atoms with Gasteiger partial charge in [0, 0.05) is 0 Å². The predicted octanol–water partition coefficient (Wildman–Crippen LogP) is 3.95. The van der Waals surface area contributed by atoms with E-state index in [0.29, 0.717) is 11.3 Å². The fourth-order valence-corrected chi connectivity index (χ4v) is 5.62. The SMILES string of the molecule is CCC12CC3CC(C1)C(CC(C)C(=O)O)C(C3)C2. The standard InChI is InChI=1S/C16H26O2/c1-3-16-7-11-5-12(8-16)14(13(6-11)9-16)4-10(2)15(17)18/h10-14H,3-9H2,1-2H3,(H,17,18). The third-order valence-electron chi connectivity index (χ3n) is 6.39. The van der Waals surface area contributed by atoms with Crippen molar-refractivity contribution in [3.63, 3.8) is 0 Å². The lowest BCUT2D eigenvalue weighted by Crippen LogP contribution is -2.51. The lowest BCUT2D eigenvalue weighted by atomic mass is 9.45. The van der Waals surface area contributed by atoms with Gasteiger partial charge in [0.05, 0.1) is 5.92 Å². The Morgan fingerprint density at radius 1 is 1.28 bits per heavy atom. The Labute approximate surface area is 110 Å². The van der Waals surface area contributed by atoms with Crippen LogP contribution in [-0.4, -0.2) is 11.1 Å². The summed E-state index contributed by atoms with van der Waals surface area (Å²) in [5, 5.41) is 9.13. The average Bonchev–Trinajstić information content (AvgIpc) is 2.32. The summed E-state index contributed by atoms with van der Waals surface area (Å²) in [6, 6.07) is 0. The molecule has 18 heavy (non-hydrogen) atoms. The number of aliphatic carboxylic acids is 1. The first kappa shape index (κ1) is 12.5. The summed E-state index contributed by atoms with van der Waals surface area (Å²) in [6.07, 6.45) is 9.33. The molecule has 0 amide bonds. The predicted molar refractivity (Wildman–Crippen MR) is 71.2 cm³/mol. The molecule has 2 nitrogen and oxygen atoms in total. The molecule has 4 fully saturated rings. The fourth-order valence-electron chi connectivity index (χ4n) is 5.62. The van der Waals surface area contributed by atoms with E-state index in [2.05, 4.69) is 6.92 Å². The highest BCUT2D eigenvalue weighted by Gasteiger charge is 2.54. The number of rotatable bonds is 4. The molecular weight excluding hydrogens is 224 g/mol. The van der Waals surface area contributed by atoms with Gasteiger partial charge < -0.3 is 5.11 Å². The van der Waals surface area contributed by atoms with Crippen molar-refractivity contribution in [2.75, 3.05) is 0 Å². The van der Waals surface area contributed by atoms with Gasteiger partial charge in [0.2, 0.25) is 0 Å². The lowest BCUT2D eigenvalue weighted by Gasteiger charge is -2.60. The first-order valence-corrected chi connectivity index (χ1v) is 7.76. The highest BCUT2D eigenvalue weighted by molar-refractivity contribution is 5.69. The molecule has 4 rings (SSSR count). The van der Waals surface area contributed by atoms with Gasteiger partial charge in [-0.2, -0.15) is 0 Å². The number of carbonyl (C=O) groups is 1. The van der Waals surface area contributed by atoms with E-state index in [1.807, 2.05) is 6.92 Å². The minimum absolute atomic E-state index is 0.148. The molecule has 4 aliphatic rings. The van der Waals surface area contributed by atoms with Crippen LogP contribution in [0.15, 0.2) is 0 Å². The molecule has 0 saturated heterocycles. The van der Waals surface area contributed by atoms with Gasteiger partial charge in [-0.15, -0.1) is 0 Å². The molecule has 4 saturated carbocycles. The van der Waals surface area contributed by atoms with E-state index < -0.39 is 5.97 Å². The number of hydrogen-bond donors (Lipinski definition) is 1. The van der Waals surface area contributed by atoms with Gasteiger partial charge in [-0.3, -0.25) is 4.79 Å². The van der Waals surface area contributed by atoms with E-state index >= 15 is 0 Å². The zero-order valence-corrected chi connectivity index (χ0v) is 11.7. The first-order chi connectivity index (χ1) is 8.53. The van der Waals surface area contributed by atoms with E-state index in [1.165, 1.54) is 38.5 Å². The quantitative estimate of drug-likeness (QED) is 0.820. The van der Waals surface area contributed by atoms with Crippen LogP contribution in [-0.2, 0) is 4.79 Å². The number of hydrogen-bond acceptors (Lipinski definition) is 1. The molecule has 102 valence electrons. The van der Waals surface area contributed by atoms with E-state index in [-0.39, 0.29) is 5.92 Å². The smallest absolute Gasteiger partial charge is 0.306 e.